The lowest BCUT2D eigenvalue weighted by Gasteiger charge is -2.16. The van der Waals surface area contributed by atoms with Crippen LogP contribution in [0.25, 0.3) is 11.5 Å². The highest BCUT2D eigenvalue weighted by atomic mass is 19.1. The maximum atomic E-state index is 15.3. The van der Waals surface area contributed by atoms with Crippen LogP contribution in [0.4, 0.5) is 4.39 Å². The Labute approximate surface area is 138 Å². The molecule has 6 nitrogen and oxygen atoms in total. The maximum absolute atomic E-state index is 15.3. The lowest BCUT2D eigenvalue weighted by atomic mass is 10.1. The van der Waals surface area contributed by atoms with E-state index in [1.54, 1.807) is 24.5 Å². The van der Waals surface area contributed by atoms with E-state index in [-0.39, 0.29) is 12.4 Å². The quantitative estimate of drug-likeness (QED) is 0.733. The summed E-state index contributed by atoms with van der Waals surface area (Å²) in [6.45, 7) is 3.32. The van der Waals surface area contributed by atoms with Gasteiger partial charge in [0.15, 0.2) is 5.67 Å². The molecule has 1 atom stereocenters. The molecule has 1 unspecified atom stereocenters. The third-order valence-corrected chi connectivity index (χ3v) is 4.23. The van der Waals surface area contributed by atoms with Gasteiger partial charge in [0.2, 0.25) is 5.82 Å². The standard InChI is InChI=1S/C17H17FN4O2/c1-12-2-3-14(23-12)10-22-9-6-17(18,11-22)16-20-15(24-21-16)13-4-7-19-8-5-13/h2-5,7-8H,6,9-11H2,1H3. The van der Waals surface area contributed by atoms with E-state index in [0.717, 1.165) is 17.1 Å². The number of nitrogens with zero attached hydrogens (tertiary/aromatic N) is 4. The smallest absolute Gasteiger partial charge is 0.258 e. The van der Waals surface area contributed by atoms with Gasteiger partial charge in [-0.3, -0.25) is 9.88 Å². The highest BCUT2D eigenvalue weighted by Crippen LogP contribution is 2.36. The molecule has 1 saturated heterocycles. The second-order valence-electron chi connectivity index (χ2n) is 6.10. The lowest BCUT2D eigenvalue weighted by molar-refractivity contribution is 0.146. The number of aryl methyl sites for hydroxylation is 1. The van der Waals surface area contributed by atoms with Gasteiger partial charge in [-0.2, -0.15) is 4.98 Å². The van der Waals surface area contributed by atoms with Crippen molar-refractivity contribution in [3.63, 3.8) is 0 Å². The molecule has 0 saturated carbocycles. The van der Waals surface area contributed by atoms with Crippen molar-refractivity contribution in [2.24, 2.45) is 0 Å². The van der Waals surface area contributed by atoms with Crippen molar-refractivity contribution in [3.05, 3.63) is 54.0 Å². The van der Waals surface area contributed by atoms with Crippen molar-refractivity contribution < 1.29 is 13.3 Å². The molecule has 0 N–H and O–H groups in total. The number of likely N-dealkylation sites (tertiary alicyclic amines) is 1. The summed E-state index contributed by atoms with van der Waals surface area (Å²) in [6, 6.07) is 7.34. The van der Waals surface area contributed by atoms with Crippen molar-refractivity contribution in [3.8, 4) is 11.5 Å². The third kappa shape index (κ3) is 2.82. The molecule has 124 valence electrons. The average molecular weight is 328 g/mol. The summed E-state index contributed by atoms with van der Waals surface area (Å²) in [7, 11) is 0. The summed E-state index contributed by atoms with van der Waals surface area (Å²) in [5.74, 6) is 2.11. The molecule has 1 fully saturated rings. The number of aromatic nitrogens is 3. The predicted molar refractivity (Wildman–Crippen MR) is 83.7 cm³/mol. The zero-order valence-electron chi connectivity index (χ0n) is 13.3. The number of pyridine rings is 1. The average Bonchev–Trinajstić information content (AvgIpc) is 3.30. The highest BCUT2D eigenvalue weighted by molar-refractivity contribution is 5.51. The molecule has 1 aliphatic heterocycles. The monoisotopic (exact) mass is 328 g/mol. The molecule has 1 aliphatic rings. The minimum atomic E-state index is -1.60. The maximum Gasteiger partial charge on any atom is 0.258 e. The molecule has 0 bridgehead atoms. The normalized spacial score (nSPS) is 21.4. The van der Waals surface area contributed by atoms with Crippen LogP contribution in [0.1, 0.15) is 23.8 Å². The number of hydrogen-bond acceptors (Lipinski definition) is 6. The van der Waals surface area contributed by atoms with E-state index >= 15 is 4.39 Å². The second kappa shape index (κ2) is 5.83. The molecular weight excluding hydrogens is 311 g/mol. The molecule has 7 heteroatoms. The van der Waals surface area contributed by atoms with Crippen LogP contribution in [-0.4, -0.2) is 33.1 Å². The molecule has 0 amide bonds. The van der Waals surface area contributed by atoms with E-state index in [4.69, 9.17) is 8.94 Å². The molecule has 0 spiro atoms. The van der Waals surface area contributed by atoms with Gasteiger partial charge >= 0.3 is 0 Å². The van der Waals surface area contributed by atoms with Gasteiger partial charge in [-0.25, -0.2) is 4.39 Å². The Morgan fingerprint density at radius 2 is 2.08 bits per heavy atom. The van der Waals surface area contributed by atoms with Crippen LogP contribution < -0.4 is 0 Å². The van der Waals surface area contributed by atoms with Gasteiger partial charge < -0.3 is 8.94 Å². The Bertz CT molecular complexity index is 832. The van der Waals surface area contributed by atoms with Crippen LogP contribution in [0, 0.1) is 6.92 Å². The Kier molecular flexibility index (Phi) is 3.65. The van der Waals surface area contributed by atoms with Crippen LogP contribution in [0.2, 0.25) is 0 Å². The Balaban J connectivity index is 1.49. The Morgan fingerprint density at radius 1 is 1.25 bits per heavy atom. The zero-order chi connectivity index (χ0) is 16.6. The SMILES string of the molecule is Cc1ccc(CN2CCC(F)(c3noc(-c4ccncc4)n3)C2)o1. The van der Waals surface area contributed by atoms with Crippen LogP contribution in [-0.2, 0) is 12.2 Å². The van der Waals surface area contributed by atoms with E-state index in [2.05, 4.69) is 15.1 Å². The van der Waals surface area contributed by atoms with Crippen LogP contribution in [0.3, 0.4) is 0 Å². The fraction of sp³-hybridized carbons (Fsp3) is 0.353. The minimum Gasteiger partial charge on any atom is -0.465 e. The van der Waals surface area contributed by atoms with Crippen LogP contribution >= 0.6 is 0 Å². The number of rotatable bonds is 4. The number of hydrogen-bond donors (Lipinski definition) is 0. The van der Waals surface area contributed by atoms with Crippen molar-refractivity contribution in [2.75, 3.05) is 13.1 Å². The van der Waals surface area contributed by atoms with Gasteiger partial charge in [-0.05, 0) is 31.2 Å². The van der Waals surface area contributed by atoms with Crippen molar-refractivity contribution in [1.29, 1.82) is 0 Å². The van der Waals surface area contributed by atoms with Crippen molar-refractivity contribution in [2.45, 2.75) is 25.6 Å². The van der Waals surface area contributed by atoms with E-state index in [9.17, 15) is 0 Å². The Hall–Kier alpha value is -2.54. The first kappa shape index (κ1) is 15.0. The third-order valence-electron chi connectivity index (χ3n) is 4.23. The summed E-state index contributed by atoms with van der Waals surface area (Å²) >= 11 is 0. The molecule has 4 rings (SSSR count). The molecule has 4 heterocycles. The number of alkyl halides is 1. The lowest BCUT2D eigenvalue weighted by Crippen LogP contribution is -2.27. The number of halogens is 1. The van der Waals surface area contributed by atoms with E-state index in [1.165, 1.54) is 0 Å². The van der Waals surface area contributed by atoms with Crippen LogP contribution in [0.15, 0.2) is 45.6 Å². The summed E-state index contributed by atoms with van der Waals surface area (Å²) in [6.07, 6.45) is 3.60. The summed E-state index contributed by atoms with van der Waals surface area (Å²) in [5, 5.41) is 3.86. The van der Waals surface area contributed by atoms with Crippen LogP contribution in [0.5, 0.6) is 0 Å². The molecule has 0 aromatic carbocycles. The first-order valence-corrected chi connectivity index (χ1v) is 7.84. The summed E-state index contributed by atoms with van der Waals surface area (Å²) in [5.41, 5.74) is -0.871. The largest absolute Gasteiger partial charge is 0.465 e. The topological polar surface area (TPSA) is 68.2 Å². The van der Waals surface area contributed by atoms with Gasteiger partial charge in [0.25, 0.3) is 5.89 Å². The summed E-state index contributed by atoms with van der Waals surface area (Å²) in [4.78, 5) is 10.2. The first-order chi connectivity index (χ1) is 11.6. The van der Waals surface area contributed by atoms with Gasteiger partial charge in [-0.1, -0.05) is 5.16 Å². The zero-order valence-corrected chi connectivity index (χ0v) is 13.3. The highest BCUT2D eigenvalue weighted by Gasteiger charge is 2.44. The minimum absolute atomic E-state index is 0.104. The van der Waals surface area contributed by atoms with E-state index < -0.39 is 5.67 Å². The second-order valence-corrected chi connectivity index (χ2v) is 6.10. The predicted octanol–water partition coefficient (Wildman–Crippen LogP) is 3.10. The molecule has 3 aromatic rings. The molecular formula is C17H17FN4O2. The molecule has 0 radical (unpaired) electrons. The van der Waals surface area contributed by atoms with Gasteiger partial charge in [0.05, 0.1) is 6.54 Å². The van der Waals surface area contributed by atoms with E-state index in [1.807, 2.05) is 24.0 Å². The van der Waals surface area contributed by atoms with E-state index in [0.29, 0.717) is 25.4 Å². The molecule has 24 heavy (non-hydrogen) atoms. The Morgan fingerprint density at radius 3 is 2.83 bits per heavy atom. The van der Waals surface area contributed by atoms with Crippen molar-refractivity contribution in [1.82, 2.24) is 20.0 Å². The van der Waals surface area contributed by atoms with Gasteiger partial charge in [-0.15, -0.1) is 0 Å². The van der Waals surface area contributed by atoms with Gasteiger partial charge in [0.1, 0.15) is 11.5 Å². The number of furan rings is 1. The molecule has 0 aliphatic carbocycles. The first-order valence-electron chi connectivity index (χ1n) is 7.84. The fourth-order valence-electron chi connectivity index (χ4n) is 2.97. The van der Waals surface area contributed by atoms with Crippen molar-refractivity contribution >= 4 is 0 Å². The van der Waals surface area contributed by atoms with Gasteiger partial charge in [0, 0.05) is 37.5 Å². The summed E-state index contributed by atoms with van der Waals surface area (Å²) < 4.78 is 26.0. The molecule has 3 aromatic heterocycles. The fourth-order valence-corrected chi connectivity index (χ4v) is 2.97.